The highest BCUT2D eigenvalue weighted by molar-refractivity contribution is 5.97. The van der Waals surface area contributed by atoms with E-state index >= 15 is 0 Å². The number of pyridine rings is 1. The van der Waals surface area contributed by atoms with Crippen molar-refractivity contribution in [1.29, 1.82) is 0 Å². The van der Waals surface area contributed by atoms with E-state index < -0.39 is 0 Å². The summed E-state index contributed by atoms with van der Waals surface area (Å²) in [5, 5.41) is 10.8. The first-order chi connectivity index (χ1) is 10.8. The number of hydrogen-bond acceptors (Lipinski definition) is 2. The minimum atomic E-state index is 0.174. The van der Waals surface area contributed by atoms with Crippen molar-refractivity contribution in [3.05, 3.63) is 54.9 Å². The van der Waals surface area contributed by atoms with Crippen LogP contribution in [0, 0.1) is 11.8 Å². The quantitative estimate of drug-likeness (QED) is 0.750. The number of aliphatic hydroxyl groups is 1. The number of nitrogens with zero attached hydrogens (tertiary/aromatic N) is 2. The minimum absolute atomic E-state index is 0.174. The van der Waals surface area contributed by atoms with Gasteiger partial charge in [0.2, 0.25) is 0 Å². The Balaban J connectivity index is 1.83. The topological polar surface area (TPSA) is 38.0 Å². The second-order valence-electron chi connectivity index (χ2n) is 6.18. The lowest BCUT2D eigenvalue weighted by atomic mass is 9.83. The first-order valence-corrected chi connectivity index (χ1v) is 7.91. The first kappa shape index (κ1) is 13.5. The fourth-order valence-electron chi connectivity index (χ4n) is 3.75. The lowest BCUT2D eigenvalue weighted by molar-refractivity contribution is 0.188. The van der Waals surface area contributed by atoms with Crippen molar-refractivity contribution in [2.24, 2.45) is 11.8 Å². The number of para-hydroxylation sites is 1. The molecule has 0 radical (unpaired) electrons. The van der Waals surface area contributed by atoms with Crippen LogP contribution in [-0.4, -0.2) is 21.3 Å². The van der Waals surface area contributed by atoms with Crippen LogP contribution in [0.3, 0.4) is 0 Å². The molecule has 3 heterocycles. The fraction of sp³-hybridized carbons (Fsp3) is 0.316. The van der Waals surface area contributed by atoms with Crippen molar-refractivity contribution in [1.82, 2.24) is 9.55 Å². The Morgan fingerprint density at radius 2 is 2.23 bits per heavy atom. The zero-order chi connectivity index (χ0) is 15.1. The van der Waals surface area contributed by atoms with Crippen LogP contribution in [0.5, 0.6) is 0 Å². The van der Waals surface area contributed by atoms with Crippen LogP contribution < -0.4 is 0 Å². The number of aromatic nitrogens is 2. The summed E-state index contributed by atoms with van der Waals surface area (Å²) in [6, 6.07) is 10.5. The van der Waals surface area contributed by atoms with Crippen LogP contribution in [0.4, 0.5) is 0 Å². The maximum Gasteiger partial charge on any atom is 0.0911 e. The van der Waals surface area contributed by atoms with E-state index in [0.717, 1.165) is 30.6 Å². The van der Waals surface area contributed by atoms with Gasteiger partial charge >= 0.3 is 0 Å². The highest BCUT2D eigenvalue weighted by Gasteiger charge is 2.27. The summed E-state index contributed by atoms with van der Waals surface area (Å²) < 4.78 is 2.32. The Morgan fingerprint density at radius 1 is 1.36 bits per heavy atom. The summed E-state index contributed by atoms with van der Waals surface area (Å²) in [6.07, 6.45) is 6.12. The van der Waals surface area contributed by atoms with Crippen molar-refractivity contribution in [3.63, 3.8) is 0 Å². The Kier molecular flexibility index (Phi) is 3.23. The third-order valence-electron chi connectivity index (χ3n) is 5.04. The average molecular weight is 292 g/mol. The molecule has 0 aromatic heterocycles. The summed E-state index contributed by atoms with van der Waals surface area (Å²) >= 11 is 0. The van der Waals surface area contributed by atoms with Gasteiger partial charge in [-0.2, -0.15) is 0 Å². The molecule has 0 amide bonds. The van der Waals surface area contributed by atoms with Crippen molar-refractivity contribution < 1.29 is 5.11 Å². The lowest BCUT2D eigenvalue weighted by Crippen LogP contribution is -2.27. The van der Waals surface area contributed by atoms with Crippen LogP contribution >= 0.6 is 0 Å². The molecular weight excluding hydrogens is 272 g/mol. The molecule has 2 atom stereocenters. The summed E-state index contributed by atoms with van der Waals surface area (Å²) in [4.78, 5) is 4.86. The van der Waals surface area contributed by atoms with Crippen molar-refractivity contribution in [3.8, 4) is 11.3 Å². The molecule has 0 fully saturated rings. The molecule has 1 aromatic rings. The Bertz CT molecular complexity index is 804. The normalized spacial score (nSPS) is 19.2. The van der Waals surface area contributed by atoms with Crippen LogP contribution in [0.15, 0.2) is 49.2 Å². The third kappa shape index (κ3) is 1.97. The molecule has 4 rings (SSSR count). The molecule has 3 nitrogen and oxygen atoms in total. The smallest absolute Gasteiger partial charge is 0.0911 e. The van der Waals surface area contributed by atoms with Crippen molar-refractivity contribution in [2.75, 3.05) is 6.61 Å². The number of rotatable bonds is 3. The van der Waals surface area contributed by atoms with Gasteiger partial charge in [0.1, 0.15) is 0 Å². The van der Waals surface area contributed by atoms with E-state index in [1.54, 1.807) is 0 Å². The number of benzene rings is 1. The van der Waals surface area contributed by atoms with E-state index in [4.69, 9.17) is 4.98 Å². The summed E-state index contributed by atoms with van der Waals surface area (Å²) in [5.74, 6) is 0.626. The molecule has 2 unspecified atom stereocenters. The number of hydrogen-bond donors (Lipinski definition) is 1. The molecule has 0 saturated carbocycles. The largest absolute Gasteiger partial charge is 0.396 e. The van der Waals surface area contributed by atoms with Gasteiger partial charge in [0, 0.05) is 41.9 Å². The average Bonchev–Trinajstić information content (AvgIpc) is 2.95. The maximum atomic E-state index is 9.56. The molecule has 3 heteroatoms. The Hall–Kier alpha value is -2.13. The molecule has 0 spiro atoms. The third-order valence-corrected chi connectivity index (χ3v) is 5.04. The molecule has 22 heavy (non-hydrogen) atoms. The van der Waals surface area contributed by atoms with E-state index in [1.165, 1.54) is 16.6 Å². The van der Waals surface area contributed by atoms with E-state index in [1.807, 2.05) is 12.1 Å². The zero-order valence-electron chi connectivity index (χ0n) is 12.6. The zero-order valence-corrected chi connectivity index (χ0v) is 12.6. The molecule has 1 aromatic carbocycles. The number of aliphatic hydroxyl groups excluding tert-OH is 1. The molecule has 112 valence electrons. The summed E-state index contributed by atoms with van der Waals surface area (Å²) in [7, 11) is 0. The Labute approximate surface area is 130 Å². The van der Waals surface area contributed by atoms with Gasteiger partial charge < -0.3 is 9.67 Å². The van der Waals surface area contributed by atoms with E-state index in [9.17, 15) is 5.11 Å². The first-order valence-electron chi connectivity index (χ1n) is 7.91. The van der Waals surface area contributed by atoms with Gasteiger partial charge in [-0.1, -0.05) is 24.3 Å². The van der Waals surface area contributed by atoms with Gasteiger partial charge in [-0.3, -0.25) is 0 Å². The number of fused-ring (bicyclic) bond motifs is 5. The van der Waals surface area contributed by atoms with Crippen LogP contribution in [0.2, 0.25) is 0 Å². The SMILES string of the molecule is C=CC(CO)C1CCn2ccc3c4ccccc4nc-3c2C1. The van der Waals surface area contributed by atoms with Crippen LogP contribution in [0.1, 0.15) is 12.1 Å². The van der Waals surface area contributed by atoms with Gasteiger partial charge in [0.25, 0.3) is 0 Å². The van der Waals surface area contributed by atoms with Crippen molar-refractivity contribution >= 4 is 10.9 Å². The van der Waals surface area contributed by atoms with Gasteiger partial charge in [0.05, 0.1) is 11.2 Å². The van der Waals surface area contributed by atoms with Gasteiger partial charge in [0.15, 0.2) is 0 Å². The highest BCUT2D eigenvalue weighted by atomic mass is 16.3. The molecule has 3 aliphatic rings. The molecule has 0 saturated heterocycles. The lowest BCUT2D eigenvalue weighted by Gasteiger charge is -2.31. The molecule has 3 aliphatic heterocycles. The Morgan fingerprint density at radius 3 is 3.05 bits per heavy atom. The molecule has 1 N–H and O–H groups in total. The van der Waals surface area contributed by atoms with Crippen LogP contribution in [-0.2, 0) is 13.0 Å². The van der Waals surface area contributed by atoms with Gasteiger partial charge in [-0.25, -0.2) is 4.98 Å². The van der Waals surface area contributed by atoms with E-state index in [0.29, 0.717) is 5.92 Å². The predicted octanol–water partition coefficient (Wildman–Crippen LogP) is 3.50. The minimum Gasteiger partial charge on any atom is -0.396 e. The standard InChI is InChI=1S/C19H20N2O/c1-2-13(12-22)14-7-9-21-10-8-16-15-5-3-4-6-17(15)20-19(16)18(21)11-14/h2-6,8,10,13-14,22H,1,7,9,11-12H2. The van der Waals surface area contributed by atoms with E-state index in [2.05, 4.69) is 41.6 Å². The number of aryl methyl sites for hydroxylation is 1. The maximum absolute atomic E-state index is 9.56. The van der Waals surface area contributed by atoms with E-state index in [-0.39, 0.29) is 12.5 Å². The fourth-order valence-corrected chi connectivity index (χ4v) is 3.75. The van der Waals surface area contributed by atoms with Crippen LogP contribution in [0.25, 0.3) is 22.2 Å². The monoisotopic (exact) mass is 292 g/mol. The highest BCUT2D eigenvalue weighted by Crippen LogP contribution is 2.37. The summed E-state index contributed by atoms with van der Waals surface area (Å²) in [6.45, 7) is 5.05. The molecule has 0 aliphatic carbocycles. The molecule has 0 bridgehead atoms. The predicted molar refractivity (Wildman–Crippen MR) is 88.9 cm³/mol. The van der Waals surface area contributed by atoms with Gasteiger partial charge in [-0.15, -0.1) is 6.58 Å². The van der Waals surface area contributed by atoms with Gasteiger partial charge in [-0.05, 0) is 30.9 Å². The van der Waals surface area contributed by atoms with Crippen molar-refractivity contribution in [2.45, 2.75) is 19.4 Å². The summed E-state index contributed by atoms with van der Waals surface area (Å²) in [5.41, 5.74) is 4.72. The molecular formula is C19H20N2O. The second kappa shape index (κ2) is 5.25. The second-order valence-corrected chi connectivity index (χ2v) is 6.18.